The second kappa shape index (κ2) is 7.77. The van der Waals surface area contributed by atoms with Crippen molar-refractivity contribution in [1.29, 1.82) is 0 Å². The van der Waals surface area contributed by atoms with E-state index in [0.29, 0.717) is 16.5 Å². The van der Waals surface area contributed by atoms with Crippen LogP contribution < -0.4 is 5.32 Å². The molecule has 8 heteroatoms. The first-order valence-electron chi connectivity index (χ1n) is 8.56. The van der Waals surface area contributed by atoms with Gasteiger partial charge >= 0.3 is 0 Å². The van der Waals surface area contributed by atoms with Gasteiger partial charge in [-0.05, 0) is 61.0 Å². The summed E-state index contributed by atoms with van der Waals surface area (Å²) < 4.78 is 14.7. The fraction of sp³-hybridized carbons (Fsp3) is 0.100. The lowest BCUT2D eigenvalue weighted by Gasteiger charge is -2.06. The van der Waals surface area contributed by atoms with Crippen LogP contribution in [-0.2, 0) is 4.79 Å². The van der Waals surface area contributed by atoms with Crippen molar-refractivity contribution in [2.24, 2.45) is 0 Å². The maximum absolute atomic E-state index is 13.1. The fourth-order valence-corrected chi connectivity index (χ4v) is 3.37. The lowest BCUT2D eigenvalue weighted by atomic mass is 10.1. The maximum Gasteiger partial charge on any atom is 0.234 e. The highest BCUT2D eigenvalue weighted by Gasteiger charge is 2.12. The van der Waals surface area contributed by atoms with Crippen LogP contribution in [0.3, 0.4) is 0 Å². The second-order valence-electron chi connectivity index (χ2n) is 6.18. The van der Waals surface area contributed by atoms with Gasteiger partial charge in [0.2, 0.25) is 11.1 Å². The summed E-state index contributed by atoms with van der Waals surface area (Å²) in [6.07, 6.45) is 0. The summed E-state index contributed by atoms with van der Waals surface area (Å²) in [4.78, 5) is 12.2. The minimum Gasteiger partial charge on any atom is -0.325 e. The highest BCUT2D eigenvalue weighted by Crippen LogP contribution is 2.21. The van der Waals surface area contributed by atoms with Crippen LogP contribution in [0.2, 0.25) is 0 Å². The Morgan fingerprint density at radius 3 is 2.71 bits per heavy atom. The SMILES string of the molecule is Cc1cccc(NC(=O)CSc2nnc3ccc(-c4ccc(F)cc4)nn23)c1. The van der Waals surface area contributed by atoms with Gasteiger partial charge in [-0.25, -0.2) is 4.39 Å². The summed E-state index contributed by atoms with van der Waals surface area (Å²) in [5.74, 6) is -0.260. The van der Waals surface area contributed by atoms with Crippen LogP contribution in [0.1, 0.15) is 5.56 Å². The van der Waals surface area contributed by atoms with Crippen molar-refractivity contribution in [2.45, 2.75) is 12.1 Å². The van der Waals surface area contributed by atoms with Crippen LogP contribution >= 0.6 is 11.8 Å². The molecule has 0 saturated heterocycles. The molecule has 140 valence electrons. The molecule has 1 N–H and O–H groups in total. The van der Waals surface area contributed by atoms with Gasteiger partial charge in [-0.1, -0.05) is 23.9 Å². The lowest BCUT2D eigenvalue weighted by Crippen LogP contribution is -2.14. The first kappa shape index (κ1) is 18.1. The van der Waals surface area contributed by atoms with E-state index in [0.717, 1.165) is 16.8 Å². The first-order valence-corrected chi connectivity index (χ1v) is 9.55. The Morgan fingerprint density at radius 2 is 1.93 bits per heavy atom. The van der Waals surface area contributed by atoms with Crippen molar-refractivity contribution in [2.75, 3.05) is 11.1 Å². The van der Waals surface area contributed by atoms with Gasteiger partial charge in [0.25, 0.3) is 0 Å². The van der Waals surface area contributed by atoms with Crippen LogP contribution in [0.25, 0.3) is 16.9 Å². The Morgan fingerprint density at radius 1 is 1.11 bits per heavy atom. The van der Waals surface area contributed by atoms with Crippen molar-refractivity contribution >= 4 is 29.0 Å². The summed E-state index contributed by atoms with van der Waals surface area (Å²) in [6.45, 7) is 1.97. The monoisotopic (exact) mass is 393 g/mol. The normalized spacial score (nSPS) is 10.9. The number of anilines is 1. The zero-order valence-corrected chi connectivity index (χ0v) is 15.8. The van der Waals surface area contributed by atoms with Gasteiger partial charge in [-0.2, -0.15) is 9.61 Å². The Hall–Kier alpha value is -3.26. The van der Waals surface area contributed by atoms with E-state index < -0.39 is 0 Å². The van der Waals surface area contributed by atoms with E-state index in [-0.39, 0.29) is 17.5 Å². The third-order valence-corrected chi connectivity index (χ3v) is 4.93. The number of hydrogen-bond donors (Lipinski definition) is 1. The van der Waals surface area contributed by atoms with Crippen LogP contribution in [0.5, 0.6) is 0 Å². The first-order chi connectivity index (χ1) is 13.6. The van der Waals surface area contributed by atoms with Gasteiger partial charge in [0.1, 0.15) is 5.82 Å². The molecule has 0 radical (unpaired) electrons. The molecule has 0 atom stereocenters. The van der Waals surface area contributed by atoms with Gasteiger partial charge in [-0.15, -0.1) is 10.2 Å². The molecule has 0 bridgehead atoms. The van der Waals surface area contributed by atoms with E-state index in [2.05, 4.69) is 20.6 Å². The Labute approximate surface area is 164 Å². The van der Waals surface area contributed by atoms with E-state index in [4.69, 9.17) is 0 Å². The molecule has 0 aliphatic heterocycles. The van der Waals surface area contributed by atoms with Gasteiger partial charge in [0, 0.05) is 11.3 Å². The number of benzene rings is 2. The molecule has 28 heavy (non-hydrogen) atoms. The number of carbonyl (C=O) groups is 1. The van der Waals surface area contributed by atoms with Crippen LogP contribution in [0.4, 0.5) is 10.1 Å². The third kappa shape index (κ3) is 4.01. The van der Waals surface area contributed by atoms with Crippen LogP contribution in [0, 0.1) is 12.7 Å². The molecule has 0 unspecified atom stereocenters. The Balaban J connectivity index is 1.50. The summed E-state index contributed by atoms with van der Waals surface area (Å²) >= 11 is 1.25. The van der Waals surface area contributed by atoms with Gasteiger partial charge in [0.05, 0.1) is 11.4 Å². The van der Waals surface area contributed by atoms with Gasteiger partial charge < -0.3 is 5.32 Å². The Kier molecular flexibility index (Phi) is 5.03. The molecule has 1 amide bonds. The summed E-state index contributed by atoms with van der Waals surface area (Å²) in [5.41, 5.74) is 3.86. The minimum atomic E-state index is -0.301. The Bertz CT molecular complexity index is 1140. The quantitative estimate of drug-likeness (QED) is 0.520. The molecular weight excluding hydrogens is 377 g/mol. The molecule has 0 aliphatic rings. The molecule has 4 aromatic rings. The largest absolute Gasteiger partial charge is 0.325 e. The van der Waals surface area contributed by atoms with Crippen molar-refractivity contribution in [3.05, 3.63) is 72.0 Å². The number of thioether (sulfide) groups is 1. The number of carbonyl (C=O) groups excluding carboxylic acids is 1. The number of fused-ring (bicyclic) bond motifs is 1. The molecule has 0 aliphatic carbocycles. The predicted octanol–water partition coefficient (Wildman–Crippen LogP) is 3.97. The van der Waals surface area contributed by atoms with Crippen molar-refractivity contribution in [3.63, 3.8) is 0 Å². The number of hydrogen-bond acceptors (Lipinski definition) is 5. The number of nitrogens with one attached hydrogen (secondary N) is 1. The molecule has 6 nitrogen and oxygen atoms in total. The molecule has 0 saturated carbocycles. The van der Waals surface area contributed by atoms with E-state index in [1.165, 1.54) is 23.9 Å². The maximum atomic E-state index is 13.1. The number of rotatable bonds is 5. The highest BCUT2D eigenvalue weighted by molar-refractivity contribution is 7.99. The molecular formula is C20H16FN5OS. The van der Waals surface area contributed by atoms with Gasteiger partial charge in [0.15, 0.2) is 5.65 Å². The summed E-state index contributed by atoms with van der Waals surface area (Å²) in [6, 6.07) is 17.3. The van der Waals surface area contributed by atoms with Crippen molar-refractivity contribution in [3.8, 4) is 11.3 Å². The number of halogens is 1. The summed E-state index contributed by atoms with van der Waals surface area (Å²) in [7, 11) is 0. The van der Waals surface area contributed by atoms with E-state index in [1.807, 2.05) is 31.2 Å². The fourth-order valence-electron chi connectivity index (χ4n) is 2.68. The number of aromatic nitrogens is 4. The molecule has 2 heterocycles. The highest BCUT2D eigenvalue weighted by atomic mass is 32.2. The van der Waals surface area contributed by atoms with E-state index >= 15 is 0 Å². The number of nitrogens with zero attached hydrogens (tertiary/aromatic N) is 4. The minimum absolute atomic E-state index is 0.137. The van der Waals surface area contributed by atoms with Crippen molar-refractivity contribution < 1.29 is 9.18 Å². The zero-order chi connectivity index (χ0) is 19.5. The lowest BCUT2D eigenvalue weighted by molar-refractivity contribution is -0.113. The van der Waals surface area contributed by atoms with Gasteiger partial charge in [-0.3, -0.25) is 4.79 Å². The third-order valence-electron chi connectivity index (χ3n) is 4.01. The summed E-state index contributed by atoms with van der Waals surface area (Å²) in [5, 5.41) is 16.1. The standard InChI is InChI=1S/C20H16FN5OS/c1-13-3-2-4-16(11-13)22-19(27)12-28-20-24-23-18-10-9-17(25-26(18)20)14-5-7-15(21)8-6-14/h2-11H,12H2,1H3,(H,22,27). The molecule has 4 rings (SSSR count). The van der Waals surface area contributed by atoms with Crippen LogP contribution in [-0.4, -0.2) is 31.5 Å². The average Bonchev–Trinajstić information content (AvgIpc) is 3.09. The topological polar surface area (TPSA) is 72.2 Å². The van der Waals surface area contributed by atoms with E-state index in [1.54, 1.807) is 28.8 Å². The van der Waals surface area contributed by atoms with Crippen LogP contribution in [0.15, 0.2) is 65.8 Å². The number of amides is 1. The zero-order valence-electron chi connectivity index (χ0n) is 15.0. The molecule has 0 fully saturated rings. The number of aryl methyl sites for hydroxylation is 1. The smallest absolute Gasteiger partial charge is 0.234 e. The second-order valence-corrected chi connectivity index (χ2v) is 7.13. The molecule has 0 spiro atoms. The van der Waals surface area contributed by atoms with Crippen molar-refractivity contribution in [1.82, 2.24) is 19.8 Å². The molecule has 2 aromatic carbocycles. The van der Waals surface area contributed by atoms with E-state index in [9.17, 15) is 9.18 Å². The molecule has 2 aromatic heterocycles. The average molecular weight is 393 g/mol. The predicted molar refractivity (Wildman–Crippen MR) is 107 cm³/mol.